The zero-order valence-electron chi connectivity index (χ0n) is 11.1. The Morgan fingerprint density at radius 3 is 3.05 bits per heavy atom. The van der Waals surface area contributed by atoms with Gasteiger partial charge in [0.25, 0.3) is 6.01 Å². The number of rotatable bonds is 1. The molecule has 19 heavy (non-hydrogen) atoms. The number of oxazole rings is 1. The minimum atomic E-state index is -0.578. The van der Waals surface area contributed by atoms with Crippen LogP contribution in [0.15, 0.2) is 22.6 Å². The molecule has 0 aliphatic carbocycles. The first-order chi connectivity index (χ1) is 9.03. The average Bonchev–Trinajstić information content (AvgIpc) is 2.67. The van der Waals surface area contributed by atoms with Gasteiger partial charge >= 0.3 is 0 Å². The molecule has 0 spiro atoms. The highest BCUT2D eigenvalue weighted by atomic mass is 16.4. The zero-order valence-corrected chi connectivity index (χ0v) is 11.1. The molecule has 5 heteroatoms. The molecule has 1 atom stereocenters. The maximum absolute atomic E-state index is 10.1. The first-order valence-corrected chi connectivity index (χ1v) is 6.67. The second kappa shape index (κ2) is 4.42. The van der Waals surface area contributed by atoms with Crippen LogP contribution >= 0.6 is 0 Å². The minimum Gasteiger partial charge on any atom is -0.423 e. The lowest BCUT2D eigenvalue weighted by molar-refractivity contribution is 0.0481. The van der Waals surface area contributed by atoms with Gasteiger partial charge in [-0.1, -0.05) is 0 Å². The van der Waals surface area contributed by atoms with E-state index in [4.69, 9.17) is 10.2 Å². The minimum absolute atomic E-state index is 0.578. The van der Waals surface area contributed by atoms with Crippen LogP contribution in [0.3, 0.4) is 0 Å². The average molecular weight is 261 g/mol. The van der Waals surface area contributed by atoms with Gasteiger partial charge in [0.15, 0.2) is 5.58 Å². The van der Waals surface area contributed by atoms with Gasteiger partial charge in [0.1, 0.15) is 5.52 Å². The Bertz CT molecular complexity index is 591. The molecule has 3 rings (SSSR count). The Morgan fingerprint density at radius 2 is 2.21 bits per heavy atom. The van der Waals surface area contributed by atoms with Crippen LogP contribution < -0.4 is 10.6 Å². The van der Waals surface area contributed by atoms with Crippen LogP contribution in [0.25, 0.3) is 11.1 Å². The van der Waals surface area contributed by atoms with Crippen molar-refractivity contribution in [3.8, 4) is 0 Å². The fourth-order valence-electron chi connectivity index (χ4n) is 2.52. The van der Waals surface area contributed by atoms with Crippen LogP contribution in [-0.2, 0) is 0 Å². The van der Waals surface area contributed by atoms with Crippen molar-refractivity contribution in [3.63, 3.8) is 0 Å². The zero-order chi connectivity index (χ0) is 13.5. The van der Waals surface area contributed by atoms with E-state index in [0.717, 1.165) is 43.5 Å². The molecule has 0 saturated carbocycles. The number of aliphatic hydroxyl groups is 1. The number of hydrogen-bond donors (Lipinski definition) is 2. The first-order valence-electron chi connectivity index (χ1n) is 6.67. The topological polar surface area (TPSA) is 75.5 Å². The van der Waals surface area contributed by atoms with E-state index in [0.29, 0.717) is 11.7 Å². The van der Waals surface area contributed by atoms with Crippen molar-refractivity contribution in [3.05, 3.63) is 18.2 Å². The van der Waals surface area contributed by atoms with Crippen LogP contribution in [0, 0.1) is 0 Å². The molecule has 3 N–H and O–H groups in total. The number of nitrogen functional groups attached to an aromatic ring is 1. The van der Waals surface area contributed by atoms with Gasteiger partial charge in [-0.25, -0.2) is 0 Å². The third-order valence-electron chi connectivity index (χ3n) is 3.73. The molecule has 1 aromatic carbocycles. The number of anilines is 2. The number of benzene rings is 1. The molecular weight excluding hydrogens is 242 g/mol. The summed E-state index contributed by atoms with van der Waals surface area (Å²) in [5.74, 6) is 0. The third-order valence-corrected chi connectivity index (χ3v) is 3.73. The van der Waals surface area contributed by atoms with Crippen LogP contribution in [0.5, 0.6) is 0 Å². The number of nitrogens with two attached hydrogens (primary N) is 1. The smallest absolute Gasteiger partial charge is 0.298 e. The van der Waals surface area contributed by atoms with Crippen molar-refractivity contribution in [1.82, 2.24) is 4.98 Å². The Kier molecular flexibility index (Phi) is 2.86. The second-order valence-electron chi connectivity index (χ2n) is 5.56. The van der Waals surface area contributed by atoms with Gasteiger partial charge in [-0.3, -0.25) is 0 Å². The van der Waals surface area contributed by atoms with Crippen LogP contribution in [0.4, 0.5) is 11.7 Å². The molecule has 5 nitrogen and oxygen atoms in total. The molecule has 1 fully saturated rings. The Labute approximate surface area is 112 Å². The molecule has 2 aromatic rings. The Hall–Kier alpha value is -1.75. The molecule has 1 saturated heterocycles. The van der Waals surface area contributed by atoms with E-state index in [2.05, 4.69) is 9.88 Å². The molecule has 0 radical (unpaired) electrons. The van der Waals surface area contributed by atoms with E-state index in [1.165, 1.54) is 0 Å². The summed E-state index contributed by atoms with van der Waals surface area (Å²) in [6, 6.07) is 6.09. The van der Waals surface area contributed by atoms with Crippen LogP contribution in [0.1, 0.15) is 26.2 Å². The van der Waals surface area contributed by atoms with Crippen LogP contribution in [-0.4, -0.2) is 28.8 Å². The number of nitrogens with zero attached hydrogens (tertiary/aromatic N) is 2. The van der Waals surface area contributed by atoms with Crippen LogP contribution in [0.2, 0.25) is 0 Å². The van der Waals surface area contributed by atoms with Gasteiger partial charge in [0, 0.05) is 18.8 Å². The molecule has 2 heterocycles. The van der Waals surface area contributed by atoms with Crippen molar-refractivity contribution < 1.29 is 9.52 Å². The quantitative estimate of drug-likeness (QED) is 0.769. The van der Waals surface area contributed by atoms with E-state index in [1.807, 2.05) is 25.1 Å². The number of fused-ring (bicyclic) bond motifs is 1. The van der Waals surface area contributed by atoms with Crippen molar-refractivity contribution in [1.29, 1.82) is 0 Å². The largest absolute Gasteiger partial charge is 0.423 e. The summed E-state index contributed by atoms with van der Waals surface area (Å²) in [6.45, 7) is 3.51. The molecule has 102 valence electrons. The monoisotopic (exact) mass is 261 g/mol. The van der Waals surface area contributed by atoms with E-state index in [9.17, 15) is 5.11 Å². The maximum atomic E-state index is 10.1. The fraction of sp³-hybridized carbons (Fsp3) is 0.500. The molecule has 1 aliphatic heterocycles. The van der Waals surface area contributed by atoms with Gasteiger partial charge in [0.05, 0.1) is 5.60 Å². The van der Waals surface area contributed by atoms with E-state index in [1.54, 1.807) is 0 Å². The molecular formula is C14H19N3O2. The van der Waals surface area contributed by atoms with Gasteiger partial charge in [-0.15, -0.1) is 0 Å². The summed E-state index contributed by atoms with van der Waals surface area (Å²) in [6.07, 6.45) is 2.48. The molecule has 0 bridgehead atoms. The second-order valence-corrected chi connectivity index (χ2v) is 5.56. The number of aromatic nitrogens is 1. The van der Waals surface area contributed by atoms with Gasteiger partial charge in [-0.05, 0) is 44.4 Å². The highest BCUT2D eigenvalue weighted by molar-refractivity contribution is 5.78. The SMILES string of the molecule is CC1(O)CCCN(c2nc3cc(N)ccc3o2)CC1. The lowest BCUT2D eigenvalue weighted by atomic mass is 9.98. The lowest BCUT2D eigenvalue weighted by Crippen LogP contribution is -2.28. The maximum Gasteiger partial charge on any atom is 0.298 e. The summed E-state index contributed by atoms with van der Waals surface area (Å²) in [7, 11) is 0. The van der Waals surface area contributed by atoms with Crippen molar-refractivity contribution in [2.75, 3.05) is 23.7 Å². The number of hydrogen-bond acceptors (Lipinski definition) is 5. The van der Waals surface area contributed by atoms with Gasteiger partial charge in [0.2, 0.25) is 0 Å². The third kappa shape index (κ3) is 2.51. The predicted molar refractivity (Wildman–Crippen MR) is 75.1 cm³/mol. The summed E-state index contributed by atoms with van der Waals surface area (Å²) in [5.41, 5.74) is 7.39. The van der Waals surface area contributed by atoms with Gasteiger partial charge < -0.3 is 20.2 Å². The lowest BCUT2D eigenvalue weighted by Gasteiger charge is -2.21. The fourth-order valence-corrected chi connectivity index (χ4v) is 2.52. The van der Waals surface area contributed by atoms with Crippen molar-refractivity contribution in [2.45, 2.75) is 31.8 Å². The van der Waals surface area contributed by atoms with Gasteiger partial charge in [-0.2, -0.15) is 4.98 Å². The standard InChI is InChI=1S/C14H19N3O2/c1-14(18)5-2-7-17(8-6-14)13-16-11-9-10(15)3-4-12(11)19-13/h3-4,9,18H,2,5-8,15H2,1H3. The summed E-state index contributed by atoms with van der Waals surface area (Å²) in [4.78, 5) is 6.58. The Morgan fingerprint density at radius 1 is 1.37 bits per heavy atom. The Balaban J connectivity index is 1.87. The van der Waals surface area contributed by atoms with E-state index >= 15 is 0 Å². The van der Waals surface area contributed by atoms with Crippen molar-refractivity contribution in [2.24, 2.45) is 0 Å². The van der Waals surface area contributed by atoms with E-state index < -0.39 is 5.60 Å². The molecule has 1 aliphatic rings. The molecule has 1 aromatic heterocycles. The summed E-state index contributed by atoms with van der Waals surface area (Å²) in [5, 5.41) is 10.1. The molecule has 1 unspecified atom stereocenters. The first kappa shape index (κ1) is 12.3. The highest BCUT2D eigenvalue weighted by Gasteiger charge is 2.26. The predicted octanol–water partition coefficient (Wildman–Crippen LogP) is 2.15. The molecule has 0 amide bonds. The van der Waals surface area contributed by atoms with Crippen molar-refractivity contribution >= 4 is 22.8 Å². The normalized spacial score (nSPS) is 24.6. The summed E-state index contributed by atoms with van der Waals surface area (Å²) < 4.78 is 5.76. The highest BCUT2D eigenvalue weighted by Crippen LogP contribution is 2.28. The van der Waals surface area contributed by atoms with E-state index in [-0.39, 0.29) is 0 Å². The summed E-state index contributed by atoms with van der Waals surface area (Å²) >= 11 is 0.